The molecule has 7 heteroatoms. The first-order valence-electron chi connectivity index (χ1n) is 10.1. The maximum atomic E-state index is 12.8. The molecule has 5 aromatic rings. The smallest absolute Gasteiger partial charge is 0.261 e. The van der Waals surface area contributed by atoms with Crippen molar-refractivity contribution < 1.29 is 4.79 Å². The number of nitrogens with one attached hydrogen (secondary N) is 2. The Balaban J connectivity index is 1.33. The number of aromatic nitrogens is 3. The molecular formula is C24H21ClN4OS. The first kappa shape index (κ1) is 19.8. The molecule has 2 aromatic carbocycles. The average molecular weight is 449 g/mol. The molecule has 5 nitrogen and oxygen atoms in total. The number of hydrogen-bond acceptors (Lipinski definition) is 3. The predicted molar refractivity (Wildman–Crippen MR) is 128 cm³/mol. The van der Waals surface area contributed by atoms with Crippen LogP contribution in [0.25, 0.3) is 32.4 Å². The summed E-state index contributed by atoms with van der Waals surface area (Å²) in [6.45, 7) is 2.67. The fourth-order valence-corrected chi connectivity index (χ4v) is 4.98. The minimum Gasteiger partial charge on any atom is -0.361 e. The van der Waals surface area contributed by atoms with Crippen LogP contribution in [0.4, 0.5) is 0 Å². The zero-order valence-corrected chi connectivity index (χ0v) is 18.8. The number of amides is 1. The number of halogens is 1. The van der Waals surface area contributed by atoms with Crippen LogP contribution in [0.2, 0.25) is 5.02 Å². The molecule has 3 heterocycles. The highest BCUT2D eigenvalue weighted by molar-refractivity contribution is 7.20. The maximum absolute atomic E-state index is 12.8. The molecule has 31 heavy (non-hydrogen) atoms. The number of benzene rings is 2. The molecule has 3 aromatic heterocycles. The Labute approximate surface area is 188 Å². The number of H-pyrrole nitrogens is 1. The number of carbonyl (C=O) groups excluding carboxylic acids is 1. The van der Waals surface area contributed by atoms with Crippen LogP contribution in [0.3, 0.4) is 0 Å². The normalized spacial score (nSPS) is 11.5. The first-order chi connectivity index (χ1) is 15.0. The second-order valence-corrected chi connectivity index (χ2v) is 9.14. The molecule has 0 spiro atoms. The minimum absolute atomic E-state index is 0.0562. The van der Waals surface area contributed by atoms with Crippen molar-refractivity contribution in [1.29, 1.82) is 0 Å². The minimum atomic E-state index is -0.0562. The van der Waals surface area contributed by atoms with Crippen LogP contribution in [-0.2, 0) is 13.5 Å². The molecule has 0 saturated heterocycles. The highest BCUT2D eigenvalue weighted by atomic mass is 35.5. The molecule has 0 bridgehead atoms. The number of thiophene rings is 1. The lowest BCUT2D eigenvalue weighted by atomic mass is 10.1. The van der Waals surface area contributed by atoms with E-state index in [1.165, 1.54) is 27.8 Å². The van der Waals surface area contributed by atoms with E-state index in [0.717, 1.165) is 33.4 Å². The Bertz CT molecular complexity index is 1410. The zero-order chi connectivity index (χ0) is 21.5. The van der Waals surface area contributed by atoms with Gasteiger partial charge in [0.2, 0.25) is 0 Å². The molecular weight excluding hydrogens is 428 g/mol. The highest BCUT2D eigenvalue weighted by Crippen LogP contribution is 2.34. The third kappa shape index (κ3) is 3.73. The monoisotopic (exact) mass is 448 g/mol. The number of aromatic amines is 1. The molecule has 0 aliphatic rings. The highest BCUT2D eigenvalue weighted by Gasteiger charge is 2.18. The lowest BCUT2D eigenvalue weighted by Gasteiger charge is -2.04. The maximum Gasteiger partial charge on any atom is 0.261 e. The molecule has 1 amide bonds. The van der Waals surface area contributed by atoms with Gasteiger partial charge in [0, 0.05) is 46.7 Å². The van der Waals surface area contributed by atoms with Crippen LogP contribution >= 0.6 is 22.9 Å². The lowest BCUT2D eigenvalue weighted by molar-refractivity contribution is 0.0958. The van der Waals surface area contributed by atoms with Gasteiger partial charge in [-0.25, -0.2) is 0 Å². The molecule has 0 aliphatic heterocycles. The summed E-state index contributed by atoms with van der Waals surface area (Å²) in [6.07, 6.45) is 2.80. The van der Waals surface area contributed by atoms with E-state index in [0.29, 0.717) is 16.4 Å². The molecule has 0 atom stereocenters. The molecule has 0 saturated carbocycles. The summed E-state index contributed by atoms with van der Waals surface area (Å²) < 4.78 is 1.83. The van der Waals surface area contributed by atoms with Crippen LogP contribution in [0.15, 0.2) is 54.7 Å². The van der Waals surface area contributed by atoms with Crippen molar-refractivity contribution in [2.45, 2.75) is 13.3 Å². The van der Waals surface area contributed by atoms with Gasteiger partial charge in [0.05, 0.1) is 4.88 Å². The van der Waals surface area contributed by atoms with Crippen molar-refractivity contribution in [3.63, 3.8) is 0 Å². The quantitative estimate of drug-likeness (QED) is 0.361. The van der Waals surface area contributed by atoms with E-state index < -0.39 is 0 Å². The van der Waals surface area contributed by atoms with Crippen molar-refractivity contribution in [2.75, 3.05) is 6.54 Å². The summed E-state index contributed by atoms with van der Waals surface area (Å²) in [7, 11) is 1.90. The standard InChI is InChI=1S/C24H21ClN4OS/c1-14-3-8-20-18(11-14)16(13-27-20)9-10-26-23(30)21-12-19-22(28-29(2)24(19)31-21)15-4-6-17(25)7-5-15/h3-8,11-13,27H,9-10H2,1-2H3,(H,26,30). The van der Waals surface area contributed by atoms with E-state index in [1.54, 1.807) is 0 Å². The third-order valence-electron chi connectivity index (χ3n) is 5.46. The Morgan fingerprint density at radius 2 is 1.97 bits per heavy atom. The molecule has 0 aliphatic carbocycles. The molecule has 0 radical (unpaired) electrons. The Kier molecular flexibility index (Phi) is 5.04. The second-order valence-electron chi connectivity index (χ2n) is 7.68. The number of carbonyl (C=O) groups is 1. The topological polar surface area (TPSA) is 62.7 Å². The largest absolute Gasteiger partial charge is 0.361 e. The number of rotatable bonds is 5. The molecule has 0 fully saturated rings. The average Bonchev–Trinajstić information content (AvgIpc) is 3.44. The van der Waals surface area contributed by atoms with Crippen LogP contribution in [0, 0.1) is 6.92 Å². The van der Waals surface area contributed by atoms with Gasteiger partial charge in [0.1, 0.15) is 10.5 Å². The molecule has 5 rings (SSSR count). The Morgan fingerprint density at radius 3 is 2.77 bits per heavy atom. The number of fused-ring (bicyclic) bond motifs is 2. The van der Waals surface area contributed by atoms with E-state index in [1.807, 2.05) is 48.3 Å². The molecule has 0 unspecified atom stereocenters. The van der Waals surface area contributed by atoms with Gasteiger partial charge in [-0.15, -0.1) is 11.3 Å². The van der Waals surface area contributed by atoms with E-state index in [-0.39, 0.29) is 5.91 Å². The van der Waals surface area contributed by atoms with Crippen LogP contribution in [0.1, 0.15) is 20.8 Å². The summed E-state index contributed by atoms with van der Waals surface area (Å²) in [5.41, 5.74) is 5.41. The van der Waals surface area contributed by atoms with E-state index in [2.05, 4.69) is 40.5 Å². The van der Waals surface area contributed by atoms with E-state index in [4.69, 9.17) is 11.6 Å². The molecule has 2 N–H and O–H groups in total. The SMILES string of the molecule is Cc1ccc2[nH]cc(CCNC(=O)c3cc4c(-c5ccc(Cl)cc5)nn(C)c4s3)c2c1. The van der Waals surface area contributed by atoms with Crippen molar-refractivity contribution >= 4 is 50.0 Å². The Hall–Kier alpha value is -3.09. The van der Waals surface area contributed by atoms with Gasteiger partial charge < -0.3 is 10.3 Å². The van der Waals surface area contributed by atoms with Crippen LogP contribution in [-0.4, -0.2) is 27.2 Å². The predicted octanol–water partition coefficient (Wildman–Crippen LogP) is 5.72. The fourth-order valence-electron chi connectivity index (χ4n) is 3.87. The summed E-state index contributed by atoms with van der Waals surface area (Å²) in [6, 6.07) is 15.9. The summed E-state index contributed by atoms with van der Waals surface area (Å²) in [5.74, 6) is -0.0562. The van der Waals surface area contributed by atoms with Gasteiger partial charge >= 0.3 is 0 Å². The van der Waals surface area contributed by atoms with Gasteiger partial charge in [-0.1, -0.05) is 35.4 Å². The van der Waals surface area contributed by atoms with Gasteiger partial charge in [0.15, 0.2) is 0 Å². The number of nitrogens with zero attached hydrogens (tertiary/aromatic N) is 2. The fraction of sp³-hybridized carbons (Fsp3) is 0.167. The lowest BCUT2D eigenvalue weighted by Crippen LogP contribution is -2.24. The number of hydrogen-bond donors (Lipinski definition) is 2. The number of aryl methyl sites for hydroxylation is 2. The van der Waals surface area contributed by atoms with Crippen molar-refractivity contribution in [3.8, 4) is 11.3 Å². The Morgan fingerprint density at radius 1 is 1.16 bits per heavy atom. The zero-order valence-electron chi connectivity index (χ0n) is 17.2. The van der Waals surface area contributed by atoms with Crippen molar-refractivity contribution in [2.24, 2.45) is 7.05 Å². The third-order valence-corrected chi connectivity index (χ3v) is 6.91. The molecule has 156 valence electrons. The second kappa shape index (κ2) is 7.87. The summed E-state index contributed by atoms with van der Waals surface area (Å²) in [4.78, 5) is 17.8. The van der Waals surface area contributed by atoms with E-state index >= 15 is 0 Å². The first-order valence-corrected chi connectivity index (χ1v) is 11.3. The van der Waals surface area contributed by atoms with Crippen LogP contribution < -0.4 is 5.32 Å². The van der Waals surface area contributed by atoms with Gasteiger partial charge in [0.25, 0.3) is 5.91 Å². The van der Waals surface area contributed by atoms with E-state index in [9.17, 15) is 4.79 Å². The summed E-state index contributed by atoms with van der Waals surface area (Å²) >= 11 is 7.47. The summed E-state index contributed by atoms with van der Waals surface area (Å²) in [5, 5.41) is 10.6. The van der Waals surface area contributed by atoms with Crippen LogP contribution in [0.5, 0.6) is 0 Å². The van der Waals surface area contributed by atoms with Gasteiger partial charge in [-0.2, -0.15) is 5.10 Å². The van der Waals surface area contributed by atoms with Gasteiger partial charge in [-0.3, -0.25) is 9.48 Å². The van der Waals surface area contributed by atoms with Crippen molar-refractivity contribution in [3.05, 3.63) is 75.8 Å². The van der Waals surface area contributed by atoms with Crippen molar-refractivity contribution in [1.82, 2.24) is 20.1 Å². The van der Waals surface area contributed by atoms with Gasteiger partial charge in [-0.05, 0) is 49.2 Å².